The zero-order valence-electron chi connectivity index (χ0n) is 10.1. The van der Waals surface area contributed by atoms with Crippen LogP contribution in [-0.2, 0) is 0 Å². The lowest BCUT2D eigenvalue weighted by molar-refractivity contribution is -0.958. The number of hydrogen-bond acceptors (Lipinski definition) is 0. The maximum absolute atomic E-state index is 2.50. The summed E-state index contributed by atoms with van der Waals surface area (Å²) in [6.45, 7) is 10.4. The van der Waals surface area contributed by atoms with Crippen molar-refractivity contribution in [1.29, 1.82) is 0 Å². The average Bonchev–Trinajstić information content (AvgIpc) is 2.38. The minimum absolute atomic E-state index is 0.920. The Kier molecular flexibility index (Phi) is 2.88. The molecule has 0 N–H and O–H groups in total. The second kappa shape index (κ2) is 3.84. The fourth-order valence-electron chi connectivity index (χ4n) is 3.98. The van der Waals surface area contributed by atoms with Crippen molar-refractivity contribution in [2.24, 2.45) is 5.92 Å². The number of rotatable bonds is 0. The van der Waals surface area contributed by atoms with Crippen LogP contribution in [0, 0.1) is 5.92 Å². The van der Waals surface area contributed by atoms with Crippen molar-refractivity contribution in [1.82, 2.24) is 0 Å². The molecule has 3 atom stereocenters. The van der Waals surface area contributed by atoms with Gasteiger partial charge in [0.25, 0.3) is 0 Å². The van der Waals surface area contributed by atoms with Crippen LogP contribution in [0.3, 0.4) is 0 Å². The van der Waals surface area contributed by atoms with Crippen molar-refractivity contribution in [3.8, 4) is 0 Å². The van der Waals surface area contributed by atoms with Crippen LogP contribution in [0.2, 0.25) is 0 Å². The van der Waals surface area contributed by atoms with Crippen LogP contribution in [-0.4, -0.2) is 29.7 Å². The Morgan fingerprint density at radius 2 is 1.43 bits per heavy atom. The Morgan fingerprint density at radius 3 is 1.86 bits per heavy atom. The highest BCUT2D eigenvalue weighted by molar-refractivity contribution is 4.78. The van der Waals surface area contributed by atoms with Gasteiger partial charge in [-0.05, 0) is 39.5 Å². The molecule has 2 heterocycles. The smallest absolute Gasteiger partial charge is 0.0891 e. The number of nitrogens with zero attached hydrogens (tertiary/aromatic N) is 1. The second-order valence-corrected chi connectivity index (χ2v) is 5.77. The molecule has 0 saturated carbocycles. The van der Waals surface area contributed by atoms with Gasteiger partial charge in [0.1, 0.15) is 0 Å². The molecule has 2 saturated heterocycles. The molecule has 2 aliphatic heterocycles. The summed E-state index contributed by atoms with van der Waals surface area (Å²) in [5.74, 6) is 0.947. The van der Waals surface area contributed by atoms with Gasteiger partial charge >= 0.3 is 0 Å². The van der Waals surface area contributed by atoms with Gasteiger partial charge in [0.15, 0.2) is 0 Å². The molecule has 0 radical (unpaired) electrons. The van der Waals surface area contributed by atoms with Crippen molar-refractivity contribution in [2.75, 3.05) is 13.1 Å². The van der Waals surface area contributed by atoms with Crippen LogP contribution in [0.5, 0.6) is 0 Å². The molecule has 3 unspecified atom stereocenters. The summed E-state index contributed by atoms with van der Waals surface area (Å²) in [6, 6.07) is 1.85. The van der Waals surface area contributed by atoms with Gasteiger partial charge in [-0.25, -0.2) is 0 Å². The Labute approximate surface area is 89.1 Å². The van der Waals surface area contributed by atoms with Gasteiger partial charge < -0.3 is 4.48 Å². The molecule has 2 aliphatic rings. The van der Waals surface area contributed by atoms with Crippen molar-refractivity contribution in [3.05, 3.63) is 0 Å². The van der Waals surface area contributed by atoms with E-state index in [0.717, 1.165) is 18.0 Å². The van der Waals surface area contributed by atoms with E-state index in [0.29, 0.717) is 0 Å². The van der Waals surface area contributed by atoms with Crippen LogP contribution >= 0.6 is 0 Å². The summed E-state index contributed by atoms with van der Waals surface area (Å²) in [5, 5.41) is 0. The van der Waals surface area contributed by atoms with Gasteiger partial charge in [-0.15, -0.1) is 0 Å². The van der Waals surface area contributed by atoms with Gasteiger partial charge in [0, 0.05) is 12.3 Å². The topological polar surface area (TPSA) is 0 Å². The van der Waals surface area contributed by atoms with E-state index in [9.17, 15) is 0 Å². The van der Waals surface area contributed by atoms with Crippen LogP contribution in [0.25, 0.3) is 0 Å². The first kappa shape index (κ1) is 10.5. The highest BCUT2D eigenvalue weighted by Gasteiger charge is 2.48. The van der Waals surface area contributed by atoms with E-state index in [1.54, 1.807) is 0 Å². The predicted molar refractivity (Wildman–Crippen MR) is 61.2 cm³/mol. The standard InChI is InChI=1S/C13H26N/c1-11-10-12(2)14(13(11)3)8-6-4-5-7-9-14/h11-13H,4-10H2,1-3H3/q+1. The van der Waals surface area contributed by atoms with E-state index in [4.69, 9.17) is 0 Å². The fourth-order valence-corrected chi connectivity index (χ4v) is 3.98. The highest BCUT2D eigenvalue weighted by atomic mass is 15.4. The van der Waals surface area contributed by atoms with Gasteiger partial charge in [-0.2, -0.15) is 0 Å². The molecule has 1 heteroatoms. The molecule has 0 aromatic rings. The predicted octanol–water partition coefficient (Wildman–Crippen LogP) is 3.19. The third-order valence-corrected chi connectivity index (χ3v) is 5.12. The van der Waals surface area contributed by atoms with E-state index in [1.807, 2.05) is 0 Å². The third-order valence-electron chi connectivity index (χ3n) is 5.12. The molecule has 0 aromatic heterocycles. The van der Waals surface area contributed by atoms with Gasteiger partial charge in [0.05, 0.1) is 25.2 Å². The molecule has 1 nitrogen and oxygen atoms in total. The molecular formula is C13H26N+. The van der Waals surface area contributed by atoms with Crippen molar-refractivity contribution < 1.29 is 4.48 Å². The molecule has 0 amide bonds. The lowest BCUT2D eigenvalue weighted by Gasteiger charge is -2.42. The lowest BCUT2D eigenvalue weighted by Crippen LogP contribution is -2.56. The molecular weight excluding hydrogens is 170 g/mol. The van der Waals surface area contributed by atoms with Crippen LogP contribution in [0.1, 0.15) is 52.9 Å². The fraction of sp³-hybridized carbons (Fsp3) is 1.00. The zero-order valence-corrected chi connectivity index (χ0v) is 10.1. The van der Waals surface area contributed by atoms with Gasteiger partial charge in [-0.3, -0.25) is 0 Å². The summed E-state index contributed by atoms with van der Waals surface area (Å²) < 4.78 is 1.46. The van der Waals surface area contributed by atoms with E-state index in [2.05, 4.69) is 20.8 Å². The Balaban J connectivity index is 2.18. The van der Waals surface area contributed by atoms with Crippen LogP contribution < -0.4 is 0 Å². The Hall–Kier alpha value is -0.0400. The largest absolute Gasteiger partial charge is 0.319 e. The van der Waals surface area contributed by atoms with Crippen molar-refractivity contribution >= 4 is 0 Å². The first-order valence-corrected chi connectivity index (χ1v) is 6.53. The Bertz CT molecular complexity index is 191. The van der Waals surface area contributed by atoms with E-state index < -0.39 is 0 Å². The van der Waals surface area contributed by atoms with Crippen molar-refractivity contribution in [2.45, 2.75) is 65.0 Å². The monoisotopic (exact) mass is 196 g/mol. The summed E-state index contributed by atoms with van der Waals surface area (Å²) in [6.07, 6.45) is 7.37. The average molecular weight is 196 g/mol. The maximum atomic E-state index is 2.50. The number of quaternary nitrogens is 1. The molecule has 82 valence electrons. The van der Waals surface area contributed by atoms with E-state index >= 15 is 0 Å². The SMILES string of the molecule is CC1CC(C)[N+]2(CCCCCC2)C1C. The van der Waals surface area contributed by atoms with Crippen molar-refractivity contribution in [3.63, 3.8) is 0 Å². The molecule has 1 spiro atoms. The lowest BCUT2D eigenvalue weighted by atomic mass is 10.0. The van der Waals surface area contributed by atoms with Gasteiger partial charge in [0.2, 0.25) is 0 Å². The normalized spacial score (nSPS) is 42.6. The highest BCUT2D eigenvalue weighted by Crippen LogP contribution is 2.39. The molecule has 2 rings (SSSR count). The maximum Gasteiger partial charge on any atom is 0.0891 e. The summed E-state index contributed by atoms with van der Waals surface area (Å²) >= 11 is 0. The molecule has 2 fully saturated rings. The Morgan fingerprint density at radius 1 is 0.857 bits per heavy atom. The summed E-state index contributed by atoms with van der Waals surface area (Å²) in [5.41, 5.74) is 0. The summed E-state index contributed by atoms with van der Waals surface area (Å²) in [4.78, 5) is 0. The van der Waals surface area contributed by atoms with E-state index in [1.165, 1.54) is 49.7 Å². The summed E-state index contributed by atoms with van der Waals surface area (Å²) in [7, 11) is 0. The minimum Gasteiger partial charge on any atom is -0.319 e. The van der Waals surface area contributed by atoms with E-state index in [-0.39, 0.29) is 0 Å². The second-order valence-electron chi connectivity index (χ2n) is 5.77. The molecule has 0 bridgehead atoms. The third kappa shape index (κ3) is 1.50. The number of hydrogen-bond donors (Lipinski definition) is 0. The van der Waals surface area contributed by atoms with Crippen LogP contribution in [0.15, 0.2) is 0 Å². The first-order valence-electron chi connectivity index (χ1n) is 6.53. The molecule has 0 aromatic carbocycles. The molecule has 0 aliphatic carbocycles. The zero-order chi connectivity index (χ0) is 10.2. The quantitative estimate of drug-likeness (QED) is 0.522. The molecule has 14 heavy (non-hydrogen) atoms. The first-order chi connectivity index (χ1) is 6.67. The van der Waals surface area contributed by atoms with Gasteiger partial charge in [-0.1, -0.05) is 6.92 Å². The van der Waals surface area contributed by atoms with Crippen LogP contribution in [0.4, 0.5) is 0 Å². The minimum atomic E-state index is 0.920.